The Morgan fingerprint density at radius 3 is 2.90 bits per heavy atom. The number of benzene rings is 1. The zero-order valence-electron chi connectivity index (χ0n) is 11.2. The van der Waals surface area contributed by atoms with Gasteiger partial charge in [-0.3, -0.25) is 4.79 Å². The van der Waals surface area contributed by atoms with E-state index in [-0.39, 0.29) is 17.8 Å². The second-order valence-electron chi connectivity index (χ2n) is 5.72. The summed E-state index contributed by atoms with van der Waals surface area (Å²) in [6, 6.07) is 4.91. The van der Waals surface area contributed by atoms with Gasteiger partial charge < -0.3 is 10.6 Å². The third-order valence-corrected chi connectivity index (χ3v) is 4.97. The molecule has 0 aromatic heterocycles. The van der Waals surface area contributed by atoms with E-state index in [9.17, 15) is 9.18 Å². The van der Waals surface area contributed by atoms with Crippen LogP contribution in [-0.4, -0.2) is 18.0 Å². The van der Waals surface area contributed by atoms with Crippen LogP contribution in [0.4, 0.5) is 10.1 Å². The molecule has 2 N–H and O–H groups in total. The molecule has 1 aliphatic heterocycles. The van der Waals surface area contributed by atoms with Crippen LogP contribution in [0.25, 0.3) is 0 Å². The summed E-state index contributed by atoms with van der Waals surface area (Å²) < 4.78 is 13.5. The van der Waals surface area contributed by atoms with Crippen molar-refractivity contribution in [2.45, 2.75) is 44.2 Å². The number of hydrogen-bond acceptors (Lipinski definition) is 2. The SMILES string of the molecule is O=C(Nc1ccc(F)c(Br)c1)C1CC2CCCCC2N1. The molecule has 1 aliphatic carbocycles. The zero-order chi connectivity index (χ0) is 14.1. The molecule has 108 valence electrons. The first-order valence-electron chi connectivity index (χ1n) is 7.15. The van der Waals surface area contributed by atoms with E-state index in [0.29, 0.717) is 22.1 Å². The van der Waals surface area contributed by atoms with Gasteiger partial charge in [0.15, 0.2) is 0 Å². The standard InChI is InChI=1S/C15H18BrFN2O/c16-11-8-10(5-6-12(11)17)18-15(20)14-7-9-3-1-2-4-13(9)19-14/h5-6,8-9,13-14,19H,1-4,7H2,(H,18,20). The first-order chi connectivity index (χ1) is 9.63. The minimum atomic E-state index is -0.326. The Bertz CT molecular complexity index is 509. The number of anilines is 1. The first kappa shape index (κ1) is 14.0. The van der Waals surface area contributed by atoms with Crippen molar-refractivity contribution >= 4 is 27.5 Å². The first-order valence-corrected chi connectivity index (χ1v) is 7.95. The maximum atomic E-state index is 13.2. The van der Waals surface area contributed by atoms with Crippen LogP contribution in [0.15, 0.2) is 22.7 Å². The number of nitrogens with one attached hydrogen (secondary N) is 2. The average Bonchev–Trinajstić information content (AvgIpc) is 2.87. The highest BCUT2D eigenvalue weighted by Gasteiger charge is 2.38. The second kappa shape index (κ2) is 5.82. The number of carbonyl (C=O) groups is 1. The van der Waals surface area contributed by atoms with Gasteiger partial charge in [-0.25, -0.2) is 4.39 Å². The van der Waals surface area contributed by atoms with Crippen LogP contribution in [0.5, 0.6) is 0 Å². The van der Waals surface area contributed by atoms with Gasteiger partial charge in [-0.2, -0.15) is 0 Å². The molecule has 5 heteroatoms. The molecule has 3 nitrogen and oxygen atoms in total. The van der Waals surface area contributed by atoms with E-state index >= 15 is 0 Å². The van der Waals surface area contributed by atoms with E-state index in [0.717, 1.165) is 6.42 Å². The molecule has 3 atom stereocenters. The molecule has 1 heterocycles. The number of amides is 1. The molecule has 1 amide bonds. The van der Waals surface area contributed by atoms with Crippen LogP contribution in [0.2, 0.25) is 0 Å². The molecule has 0 radical (unpaired) electrons. The molecule has 0 spiro atoms. The van der Waals surface area contributed by atoms with Crippen LogP contribution in [0, 0.1) is 11.7 Å². The summed E-state index contributed by atoms with van der Waals surface area (Å²) in [7, 11) is 0. The van der Waals surface area contributed by atoms with Crippen molar-refractivity contribution in [3.05, 3.63) is 28.5 Å². The van der Waals surface area contributed by atoms with Gasteiger partial charge in [-0.15, -0.1) is 0 Å². The normalized spacial score (nSPS) is 29.0. The van der Waals surface area contributed by atoms with Crippen molar-refractivity contribution in [3.63, 3.8) is 0 Å². The van der Waals surface area contributed by atoms with E-state index in [1.807, 2.05) is 0 Å². The summed E-state index contributed by atoms with van der Waals surface area (Å²) in [5.74, 6) is 0.297. The Labute approximate surface area is 126 Å². The van der Waals surface area contributed by atoms with Crippen molar-refractivity contribution < 1.29 is 9.18 Å². The minimum absolute atomic E-state index is 0.0158. The molecular weight excluding hydrogens is 323 g/mol. The predicted octanol–water partition coefficient (Wildman–Crippen LogP) is 3.45. The summed E-state index contributed by atoms with van der Waals surface area (Å²) in [5, 5.41) is 6.30. The molecule has 1 aromatic rings. The molecule has 1 aromatic carbocycles. The van der Waals surface area contributed by atoms with Crippen LogP contribution in [-0.2, 0) is 4.79 Å². The largest absolute Gasteiger partial charge is 0.325 e. The Morgan fingerprint density at radius 1 is 1.35 bits per heavy atom. The van der Waals surface area contributed by atoms with Gasteiger partial charge in [0.05, 0.1) is 10.5 Å². The van der Waals surface area contributed by atoms with Gasteiger partial charge in [0, 0.05) is 11.7 Å². The van der Waals surface area contributed by atoms with Gasteiger partial charge in [0.25, 0.3) is 0 Å². The number of hydrogen-bond donors (Lipinski definition) is 2. The zero-order valence-corrected chi connectivity index (χ0v) is 12.7. The lowest BCUT2D eigenvalue weighted by Gasteiger charge is -2.24. The van der Waals surface area contributed by atoms with E-state index in [1.54, 1.807) is 12.1 Å². The van der Waals surface area contributed by atoms with E-state index in [1.165, 1.54) is 31.7 Å². The average molecular weight is 341 g/mol. The molecular formula is C15H18BrFN2O. The van der Waals surface area contributed by atoms with Gasteiger partial charge >= 0.3 is 0 Å². The lowest BCUT2D eigenvalue weighted by molar-refractivity contribution is -0.117. The van der Waals surface area contributed by atoms with Gasteiger partial charge in [-0.05, 0) is 59.3 Å². The lowest BCUT2D eigenvalue weighted by atomic mass is 9.85. The van der Waals surface area contributed by atoms with Crippen LogP contribution >= 0.6 is 15.9 Å². The van der Waals surface area contributed by atoms with Crippen LogP contribution in [0.1, 0.15) is 32.1 Å². The minimum Gasteiger partial charge on any atom is -0.325 e. The Hall–Kier alpha value is -0.940. The summed E-state index contributed by atoms with van der Waals surface area (Å²) in [5.41, 5.74) is 0.625. The fourth-order valence-electron chi connectivity index (χ4n) is 3.32. The molecule has 0 bridgehead atoms. The second-order valence-corrected chi connectivity index (χ2v) is 6.58. The highest BCUT2D eigenvalue weighted by Crippen LogP contribution is 2.33. The number of halogens is 2. The molecule has 2 fully saturated rings. The lowest BCUT2D eigenvalue weighted by Crippen LogP contribution is -2.39. The maximum absolute atomic E-state index is 13.2. The number of fused-ring (bicyclic) bond motifs is 1. The topological polar surface area (TPSA) is 41.1 Å². The smallest absolute Gasteiger partial charge is 0.241 e. The predicted molar refractivity (Wildman–Crippen MR) is 80.0 cm³/mol. The van der Waals surface area contributed by atoms with Gasteiger partial charge in [-0.1, -0.05) is 12.8 Å². The molecule has 3 unspecified atom stereocenters. The molecule has 1 saturated carbocycles. The molecule has 3 rings (SSSR count). The van der Waals surface area contributed by atoms with E-state index in [4.69, 9.17) is 0 Å². The third kappa shape index (κ3) is 2.88. The fraction of sp³-hybridized carbons (Fsp3) is 0.533. The fourth-order valence-corrected chi connectivity index (χ4v) is 3.70. The van der Waals surface area contributed by atoms with Crippen LogP contribution in [0.3, 0.4) is 0 Å². The number of rotatable bonds is 2. The van der Waals surface area contributed by atoms with Gasteiger partial charge in [0.1, 0.15) is 5.82 Å². The molecule has 1 saturated heterocycles. The maximum Gasteiger partial charge on any atom is 0.241 e. The molecule has 20 heavy (non-hydrogen) atoms. The summed E-state index contributed by atoms with van der Waals surface area (Å²) in [6.45, 7) is 0. The number of carbonyl (C=O) groups excluding carboxylic acids is 1. The molecule has 2 aliphatic rings. The Kier molecular flexibility index (Phi) is 4.08. The van der Waals surface area contributed by atoms with E-state index in [2.05, 4.69) is 26.6 Å². The van der Waals surface area contributed by atoms with Crippen molar-refractivity contribution in [2.24, 2.45) is 5.92 Å². The van der Waals surface area contributed by atoms with Crippen molar-refractivity contribution in [3.8, 4) is 0 Å². The summed E-state index contributed by atoms with van der Waals surface area (Å²) >= 11 is 3.13. The Morgan fingerprint density at radius 2 is 2.15 bits per heavy atom. The highest BCUT2D eigenvalue weighted by molar-refractivity contribution is 9.10. The van der Waals surface area contributed by atoms with Crippen LogP contribution < -0.4 is 10.6 Å². The summed E-state index contributed by atoms with van der Waals surface area (Å²) in [6.07, 6.45) is 5.86. The highest BCUT2D eigenvalue weighted by atomic mass is 79.9. The van der Waals surface area contributed by atoms with Crippen molar-refractivity contribution in [1.29, 1.82) is 0 Å². The Balaban J connectivity index is 1.63. The monoisotopic (exact) mass is 340 g/mol. The van der Waals surface area contributed by atoms with Crippen molar-refractivity contribution in [2.75, 3.05) is 5.32 Å². The van der Waals surface area contributed by atoms with E-state index < -0.39 is 0 Å². The quantitative estimate of drug-likeness (QED) is 0.865. The van der Waals surface area contributed by atoms with Gasteiger partial charge in [0.2, 0.25) is 5.91 Å². The third-order valence-electron chi connectivity index (χ3n) is 4.37. The summed E-state index contributed by atoms with van der Waals surface area (Å²) in [4.78, 5) is 12.3. The van der Waals surface area contributed by atoms with Crippen molar-refractivity contribution in [1.82, 2.24) is 5.32 Å².